The third kappa shape index (κ3) is 6.94. The number of anilines is 1. The van der Waals surface area contributed by atoms with E-state index in [1.807, 2.05) is 36.2 Å². The van der Waals surface area contributed by atoms with E-state index in [2.05, 4.69) is 15.0 Å². The van der Waals surface area contributed by atoms with Gasteiger partial charge in [-0.15, -0.1) is 24.0 Å². The summed E-state index contributed by atoms with van der Waals surface area (Å²) in [6.45, 7) is -1.04. The summed E-state index contributed by atoms with van der Waals surface area (Å²) in [5, 5.41) is 3.29. The number of aliphatic imine (C=N–C) groups is 1. The van der Waals surface area contributed by atoms with E-state index < -0.39 is 6.61 Å². The zero-order chi connectivity index (χ0) is 22.2. The Balaban J connectivity index is 0.00000363. The van der Waals surface area contributed by atoms with Crippen LogP contribution in [0.2, 0.25) is 0 Å². The number of carbonyl (C=O) groups excluding carboxylic acids is 1. The number of carbonyl (C=O) groups is 1. The number of nitrogens with zero attached hydrogens (tertiary/aromatic N) is 3. The summed E-state index contributed by atoms with van der Waals surface area (Å²) in [5.41, 5.74) is 1.72. The van der Waals surface area contributed by atoms with E-state index >= 15 is 0 Å². The Morgan fingerprint density at radius 1 is 1.25 bits per heavy atom. The minimum Gasteiger partial charge on any atom is -0.482 e. The molecule has 1 heterocycles. The van der Waals surface area contributed by atoms with Crippen molar-refractivity contribution in [2.24, 2.45) is 4.99 Å². The van der Waals surface area contributed by atoms with Crippen molar-refractivity contribution in [2.75, 3.05) is 38.7 Å². The van der Waals surface area contributed by atoms with Crippen LogP contribution >= 0.6 is 24.0 Å². The van der Waals surface area contributed by atoms with Gasteiger partial charge in [-0.2, -0.15) is 8.78 Å². The molecule has 2 aromatic rings. The summed E-state index contributed by atoms with van der Waals surface area (Å²) in [4.78, 5) is 20.2. The topological polar surface area (TPSA) is 66.4 Å². The molecule has 1 amide bonds. The number of halogens is 3. The molecule has 0 spiro atoms. The SMILES string of the molecule is CN=C(NCCCN1C(=O)COc2ccccc21)N(C)Cc1ccc(OC(F)F)cc1.I. The van der Waals surface area contributed by atoms with Gasteiger partial charge < -0.3 is 24.6 Å². The summed E-state index contributed by atoms with van der Waals surface area (Å²) in [7, 11) is 3.58. The Morgan fingerprint density at radius 3 is 2.66 bits per heavy atom. The second kappa shape index (κ2) is 12.4. The van der Waals surface area contributed by atoms with Crippen molar-refractivity contribution in [1.82, 2.24) is 10.2 Å². The molecule has 1 N–H and O–H groups in total. The van der Waals surface area contributed by atoms with Gasteiger partial charge in [0.05, 0.1) is 5.69 Å². The van der Waals surface area contributed by atoms with E-state index in [0.29, 0.717) is 25.6 Å². The normalized spacial score (nSPS) is 13.2. The van der Waals surface area contributed by atoms with Crippen molar-refractivity contribution in [1.29, 1.82) is 0 Å². The van der Waals surface area contributed by atoms with Crippen LogP contribution in [0, 0.1) is 0 Å². The first kappa shape index (κ1) is 25.6. The van der Waals surface area contributed by atoms with E-state index in [1.54, 1.807) is 24.1 Å². The van der Waals surface area contributed by atoms with Crippen LogP contribution in [0.3, 0.4) is 0 Å². The number of rotatable bonds is 8. The highest BCUT2D eigenvalue weighted by Crippen LogP contribution is 2.31. The molecule has 10 heteroatoms. The molecule has 0 fully saturated rings. The van der Waals surface area contributed by atoms with Crippen LogP contribution in [0.5, 0.6) is 11.5 Å². The zero-order valence-corrected chi connectivity index (χ0v) is 20.3. The van der Waals surface area contributed by atoms with Gasteiger partial charge in [-0.05, 0) is 36.2 Å². The number of hydrogen-bond acceptors (Lipinski definition) is 4. The maximum absolute atomic E-state index is 12.3. The van der Waals surface area contributed by atoms with Crippen molar-refractivity contribution in [2.45, 2.75) is 19.6 Å². The highest BCUT2D eigenvalue weighted by molar-refractivity contribution is 14.0. The lowest BCUT2D eigenvalue weighted by molar-refractivity contribution is -0.121. The molecule has 0 aliphatic carbocycles. The fourth-order valence-corrected chi connectivity index (χ4v) is 3.35. The van der Waals surface area contributed by atoms with Crippen molar-refractivity contribution in [3.63, 3.8) is 0 Å². The molecule has 0 saturated heterocycles. The number of benzene rings is 2. The molecule has 0 saturated carbocycles. The van der Waals surface area contributed by atoms with Crippen molar-refractivity contribution in [3.05, 3.63) is 54.1 Å². The predicted molar refractivity (Wildman–Crippen MR) is 130 cm³/mol. The van der Waals surface area contributed by atoms with Crippen molar-refractivity contribution < 1.29 is 23.0 Å². The van der Waals surface area contributed by atoms with Gasteiger partial charge in [0.15, 0.2) is 12.6 Å². The lowest BCUT2D eigenvalue weighted by Gasteiger charge is -2.29. The van der Waals surface area contributed by atoms with Gasteiger partial charge in [-0.1, -0.05) is 24.3 Å². The van der Waals surface area contributed by atoms with Crippen LogP contribution in [0.25, 0.3) is 0 Å². The number of amides is 1. The Hall–Kier alpha value is -2.63. The zero-order valence-electron chi connectivity index (χ0n) is 18.0. The Labute approximate surface area is 203 Å². The molecule has 7 nitrogen and oxygen atoms in total. The Morgan fingerprint density at radius 2 is 1.97 bits per heavy atom. The third-order valence-corrected chi connectivity index (χ3v) is 4.79. The number of alkyl halides is 2. The van der Waals surface area contributed by atoms with Crippen LogP contribution in [-0.4, -0.2) is 57.2 Å². The van der Waals surface area contributed by atoms with E-state index in [-0.39, 0.29) is 42.2 Å². The van der Waals surface area contributed by atoms with Gasteiger partial charge in [0.25, 0.3) is 5.91 Å². The Bertz CT molecular complexity index is 912. The van der Waals surface area contributed by atoms with Gasteiger partial charge in [-0.3, -0.25) is 9.79 Å². The molecule has 0 radical (unpaired) electrons. The van der Waals surface area contributed by atoms with Crippen LogP contribution in [0.15, 0.2) is 53.5 Å². The Kier molecular flexibility index (Phi) is 9.95. The van der Waals surface area contributed by atoms with E-state index in [1.165, 1.54) is 12.1 Å². The molecule has 0 aromatic heterocycles. The lowest BCUT2D eigenvalue weighted by Crippen LogP contribution is -2.42. The smallest absolute Gasteiger partial charge is 0.387 e. The van der Waals surface area contributed by atoms with Crippen LogP contribution in [0.4, 0.5) is 14.5 Å². The molecule has 1 aliphatic heterocycles. The van der Waals surface area contributed by atoms with E-state index in [0.717, 1.165) is 23.4 Å². The molecule has 3 rings (SSSR count). The molecule has 1 aliphatic rings. The minimum absolute atomic E-state index is 0. The fourth-order valence-electron chi connectivity index (χ4n) is 3.35. The number of hydrogen-bond donors (Lipinski definition) is 1. The molecule has 0 atom stereocenters. The molecule has 2 aromatic carbocycles. The number of fused-ring (bicyclic) bond motifs is 1. The predicted octanol–water partition coefficient (Wildman–Crippen LogP) is 3.73. The van der Waals surface area contributed by atoms with Gasteiger partial charge in [-0.25, -0.2) is 0 Å². The number of para-hydroxylation sites is 2. The average Bonchev–Trinajstić information content (AvgIpc) is 2.76. The van der Waals surface area contributed by atoms with Crippen LogP contribution in [0.1, 0.15) is 12.0 Å². The second-order valence-corrected chi connectivity index (χ2v) is 7.01. The summed E-state index contributed by atoms with van der Waals surface area (Å²) in [6.07, 6.45) is 0.729. The average molecular weight is 560 g/mol. The highest BCUT2D eigenvalue weighted by Gasteiger charge is 2.24. The number of guanidine groups is 1. The third-order valence-electron chi connectivity index (χ3n) is 4.79. The van der Waals surface area contributed by atoms with Crippen LogP contribution in [-0.2, 0) is 11.3 Å². The molecule has 32 heavy (non-hydrogen) atoms. The number of ether oxygens (including phenoxy) is 2. The first-order chi connectivity index (χ1) is 15.0. The fraction of sp³-hybridized carbons (Fsp3) is 0.364. The largest absolute Gasteiger partial charge is 0.482 e. The van der Waals surface area contributed by atoms with Crippen molar-refractivity contribution >= 4 is 41.5 Å². The molecular weight excluding hydrogens is 533 g/mol. The van der Waals surface area contributed by atoms with Crippen LogP contribution < -0.4 is 19.7 Å². The lowest BCUT2D eigenvalue weighted by atomic mass is 10.2. The number of nitrogens with one attached hydrogen (secondary N) is 1. The first-order valence-electron chi connectivity index (χ1n) is 9.95. The maximum atomic E-state index is 12.3. The highest BCUT2D eigenvalue weighted by atomic mass is 127. The standard InChI is InChI=1S/C22H26F2N4O3.HI/c1-25-22(27(2)14-16-8-10-17(11-9-16)31-21(23)24)26-12-5-13-28-18-6-3-4-7-19(18)30-15-20(28)29;/h3-4,6-11,21H,5,12-15H2,1-2H3,(H,25,26);1H. The van der Waals surface area contributed by atoms with E-state index in [4.69, 9.17) is 4.74 Å². The summed E-state index contributed by atoms with van der Waals surface area (Å²) in [5.74, 6) is 1.49. The molecule has 0 bridgehead atoms. The summed E-state index contributed by atoms with van der Waals surface area (Å²) >= 11 is 0. The monoisotopic (exact) mass is 560 g/mol. The summed E-state index contributed by atoms with van der Waals surface area (Å²) in [6, 6.07) is 14.0. The first-order valence-corrected chi connectivity index (χ1v) is 9.95. The minimum atomic E-state index is -2.84. The molecule has 174 valence electrons. The van der Waals surface area contributed by atoms with E-state index in [9.17, 15) is 13.6 Å². The molecule has 0 unspecified atom stereocenters. The summed E-state index contributed by atoms with van der Waals surface area (Å²) < 4.78 is 34.4. The maximum Gasteiger partial charge on any atom is 0.387 e. The van der Waals surface area contributed by atoms with Gasteiger partial charge in [0.2, 0.25) is 0 Å². The quantitative estimate of drug-likeness (QED) is 0.231. The molecular formula is C22H27F2IN4O3. The van der Waals surface area contributed by atoms with Crippen molar-refractivity contribution in [3.8, 4) is 11.5 Å². The second-order valence-electron chi connectivity index (χ2n) is 7.01. The van der Waals surface area contributed by atoms with Gasteiger partial charge >= 0.3 is 6.61 Å². The van der Waals surface area contributed by atoms with Gasteiger partial charge in [0.1, 0.15) is 11.5 Å². The van der Waals surface area contributed by atoms with Gasteiger partial charge in [0, 0.05) is 33.7 Å².